The summed E-state index contributed by atoms with van der Waals surface area (Å²) in [5.41, 5.74) is 1.00. The Morgan fingerprint density at radius 1 is 1.29 bits per heavy atom. The van der Waals surface area contributed by atoms with Crippen molar-refractivity contribution in [1.29, 1.82) is 5.26 Å². The van der Waals surface area contributed by atoms with E-state index in [1.165, 1.54) is 12.1 Å². The van der Waals surface area contributed by atoms with Crippen LogP contribution in [0.2, 0.25) is 0 Å². The van der Waals surface area contributed by atoms with Gasteiger partial charge in [0, 0.05) is 12.4 Å². The van der Waals surface area contributed by atoms with Crippen molar-refractivity contribution in [2.75, 3.05) is 5.32 Å². The summed E-state index contributed by atoms with van der Waals surface area (Å²) >= 11 is 0. The molecule has 1 N–H and O–H groups in total. The summed E-state index contributed by atoms with van der Waals surface area (Å²) in [6.07, 6.45) is 3.42. The van der Waals surface area contributed by atoms with Gasteiger partial charge >= 0.3 is 0 Å². The Balaban J connectivity index is 2.00. The molecule has 0 fully saturated rings. The first-order valence-electron chi connectivity index (χ1n) is 7.25. The number of halogens is 1. The summed E-state index contributed by atoms with van der Waals surface area (Å²) < 4.78 is 21.1. The highest BCUT2D eigenvalue weighted by molar-refractivity contribution is 6.07. The minimum Gasteiger partial charge on any atom is -0.443 e. The lowest BCUT2D eigenvalue weighted by molar-refractivity contribution is 0.102. The summed E-state index contributed by atoms with van der Waals surface area (Å²) in [6.45, 7) is 3.35. The topological polar surface area (TPSA) is 71.0 Å². The Labute approximate surface area is 137 Å². The molecule has 5 nitrogen and oxygen atoms in total. The van der Waals surface area contributed by atoms with Crippen LogP contribution >= 0.6 is 0 Å². The largest absolute Gasteiger partial charge is 0.443 e. The molecule has 6 heteroatoms. The van der Waals surface area contributed by atoms with Gasteiger partial charge in [-0.2, -0.15) is 5.26 Å². The maximum Gasteiger partial charge on any atom is 0.260 e. The SMILES string of the molecule is Cc1ccc(NC(=O)c2c(C)oc(-n3cccc3)c2C#N)c(F)c1. The predicted molar refractivity (Wildman–Crippen MR) is 86.6 cm³/mol. The number of nitriles is 1. The van der Waals surface area contributed by atoms with Crippen molar-refractivity contribution in [1.82, 2.24) is 4.57 Å². The first-order chi connectivity index (χ1) is 11.5. The van der Waals surface area contributed by atoms with Crippen LogP contribution < -0.4 is 5.32 Å². The molecule has 3 rings (SSSR count). The van der Waals surface area contributed by atoms with E-state index in [2.05, 4.69) is 5.32 Å². The van der Waals surface area contributed by atoms with E-state index in [9.17, 15) is 14.4 Å². The van der Waals surface area contributed by atoms with Gasteiger partial charge in [-0.3, -0.25) is 9.36 Å². The minimum atomic E-state index is -0.589. The lowest BCUT2D eigenvalue weighted by Gasteiger charge is -2.06. The molecule has 0 bridgehead atoms. The average molecular weight is 323 g/mol. The number of furan rings is 1. The molecule has 0 saturated heterocycles. The van der Waals surface area contributed by atoms with Crippen molar-refractivity contribution in [3.8, 4) is 12.0 Å². The highest BCUT2D eigenvalue weighted by Gasteiger charge is 2.25. The fourth-order valence-electron chi connectivity index (χ4n) is 2.47. The molecule has 0 unspecified atom stereocenters. The number of rotatable bonds is 3. The summed E-state index contributed by atoms with van der Waals surface area (Å²) in [5.74, 6) is -0.572. The summed E-state index contributed by atoms with van der Waals surface area (Å²) in [5, 5.41) is 11.9. The van der Waals surface area contributed by atoms with Gasteiger partial charge in [-0.15, -0.1) is 0 Å². The first kappa shape index (κ1) is 15.6. The molecule has 0 spiro atoms. The molecule has 1 aromatic carbocycles. The fraction of sp³-hybridized carbons (Fsp3) is 0.111. The summed E-state index contributed by atoms with van der Waals surface area (Å²) in [6, 6.07) is 10.1. The molecule has 120 valence electrons. The molecule has 0 aliphatic rings. The van der Waals surface area contributed by atoms with Gasteiger partial charge in [-0.25, -0.2) is 4.39 Å². The third-order valence-electron chi connectivity index (χ3n) is 3.62. The second kappa shape index (κ2) is 6.05. The van der Waals surface area contributed by atoms with Crippen LogP contribution in [0.1, 0.15) is 27.2 Å². The maximum atomic E-state index is 13.9. The normalized spacial score (nSPS) is 10.4. The van der Waals surface area contributed by atoms with Crippen LogP contribution in [0.15, 0.2) is 47.1 Å². The lowest BCUT2D eigenvalue weighted by atomic mass is 10.1. The van der Waals surface area contributed by atoms with Crippen molar-refractivity contribution in [2.24, 2.45) is 0 Å². The number of carbonyl (C=O) groups is 1. The van der Waals surface area contributed by atoms with Gasteiger partial charge in [0.05, 0.1) is 5.69 Å². The number of nitrogens with one attached hydrogen (secondary N) is 1. The molecule has 24 heavy (non-hydrogen) atoms. The predicted octanol–water partition coefficient (Wildman–Crippen LogP) is 3.95. The summed E-state index contributed by atoms with van der Waals surface area (Å²) in [4.78, 5) is 12.5. The van der Waals surface area contributed by atoms with Crippen LogP contribution in [0, 0.1) is 31.0 Å². The van der Waals surface area contributed by atoms with Gasteiger partial charge in [-0.1, -0.05) is 6.07 Å². The number of benzene rings is 1. The number of anilines is 1. The third-order valence-corrected chi connectivity index (χ3v) is 3.62. The zero-order valence-corrected chi connectivity index (χ0v) is 13.1. The highest BCUT2D eigenvalue weighted by atomic mass is 19.1. The number of aryl methyl sites for hydroxylation is 2. The van der Waals surface area contributed by atoms with Gasteiger partial charge in [-0.05, 0) is 43.7 Å². The minimum absolute atomic E-state index is 0.0533. The Morgan fingerprint density at radius 2 is 2.00 bits per heavy atom. The van der Waals surface area contributed by atoms with Crippen LogP contribution in [-0.4, -0.2) is 10.5 Å². The van der Waals surface area contributed by atoms with E-state index >= 15 is 0 Å². The van der Waals surface area contributed by atoms with E-state index in [4.69, 9.17) is 4.42 Å². The standard InChI is InChI=1S/C18H14FN3O2/c1-11-5-6-15(14(19)9-11)21-17(23)16-12(2)24-18(13(16)10-20)22-7-3-4-8-22/h3-9H,1-2H3,(H,21,23). The Hall–Kier alpha value is -3.33. The Kier molecular flexibility index (Phi) is 3.92. The van der Waals surface area contributed by atoms with Crippen LogP contribution in [-0.2, 0) is 0 Å². The molecule has 0 radical (unpaired) electrons. The molecular formula is C18H14FN3O2. The molecule has 0 saturated carbocycles. The van der Waals surface area contributed by atoms with Gasteiger partial charge < -0.3 is 9.73 Å². The van der Waals surface area contributed by atoms with E-state index in [1.807, 2.05) is 6.07 Å². The number of nitrogens with zero attached hydrogens (tertiary/aromatic N) is 2. The van der Waals surface area contributed by atoms with Crippen molar-refractivity contribution in [2.45, 2.75) is 13.8 Å². The van der Waals surface area contributed by atoms with Crippen molar-refractivity contribution < 1.29 is 13.6 Å². The number of carbonyl (C=O) groups excluding carboxylic acids is 1. The van der Waals surface area contributed by atoms with Gasteiger partial charge in [0.1, 0.15) is 28.8 Å². The second-order valence-electron chi connectivity index (χ2n) is 5.35. The molecule has 0 atom stereocenters. The average Bonchev–Trinajstić information content (AvgIpc) is 3.16. The molecule has 1 amide bonds. The fourth-order valence-corrected chi connectivity index (χ4v) is 2.47. The monoisotopic (exact) mass is 323 g/mol. The van der Waals surface area contributed by atoms with Crippen LogP contribution in [0.4, 0.5) is 10.1 Å². The molecule has 0 aliphatic heterocycles. The van der Waals surface area contributed by atoms with E-state index in [1.54, 1.807) is 49.0 Å². The lowest BCUT2D eigenvalue weighted by Crippen LogP contribution is -2.15. The van der Waals surface area contributed by atoms with Crippen LogP contribution in [0.25, 0.3) is 5.88 Å². The van der Waals surface area contributed by atoms with Crippen LogP contribution in [0.5, 0.6) is 0 Å². The van der Waals surface area contributed by atoms with E-state index in [-0.39, 0.29) is 22.7 Å². The number of aromatic nitrogens is 1. The number of hydrogen-bond donors (Lipinski definition) is 1. The van der Waals surface area contributed by atoms with Gasteiger partial charge in [0.15, 0.2) is 0 Å². The Bertz CT molecular complexity index is 950. The number of hydrogen-bond acceptors (Lipinski definition) is 3. The molecule has 2 aromatic heterocycles. The molecule has 2 heterocycles. The first-order valence-corrected chi connectivity index (χ1v) is 7.25. The highest BCUT2D eigenvalue weighted by Crippen LogP contribution is 2.26. The van der Waals surface area contributed by atoms with E-state index < -0.39 is 11.7 Å². The van der Waals surface area contributed by atoms with Crippen molar-refractivity contribution in [3.63, 3.8) is 0 Å². The molecule has 0 aliphatic carbocycles. The molecular weight excluding hydrogens is 309 g/mol. The summed E-state index contributed by atoms with van der Waals surface area (Å²) in [7, 11) is 0. The second-order valence-corrected chi connectivity index (χ2v) is 5.35. The van der Waals surface area contributed by atoms with Gasteiger partial charge in [0.2, 0.25) is 5.88 Å². The Morgan fingerprint density at radius 3 is 2.62 bits per heavy atom. The zero-order chi connectivity index (χ0) is 17.3. The zero-order valence-electron chi connectivity index (χ0n) is 13.1. The van der Waals surface area contributed by atoms with Gasteiger partial charge in [0.25, 0.3) is 5.91 Å². The quantitative estimate of drug-likeness (QED) is 0.793. The maximum absolute atomic E-state index is 13.9. The van der Waals surface area contributed by atoms with E-state index in [0.29, 0.717) is 5.76 Å². The third kappa shape index (κ3) is 2.68. The number of amides is 1. The van der Waals surface area contributed by atoms with Crippen molar-refractivity contribution >= 4 is 11.6 Å². The smallest absolute Gasteiger partial charge is 0.260 e. The molecule has 3 aromatic rings. The van der Waals surface area contributed by atoms with Crippen molar-refractivity contribution in [3.05, 3.63) is 71.0 Å². The van der Waals surface area contributed by atoms with Crippen LogP contribution in [0.3, 0.4) is 0 Å². The van der Waals surface area contributed by atoms with E-state index in [0.717, 1.165) is 5.56 Å².